The highest BCUT2D eigenvalue weighted by Crippen LogP contribution is 2.22. The molecule has 0 bridgehead atoms. The van der Waals surface area contributed by atoms with Gasteiger partial charge in [0.2, 0.25) is 5.91 Å². The second-order valence-corrected chi connectivity index (χ2v) is 6.03. The van der Waals surface area contributed by atoms with Crippen LogP contribution < -0.4 is 11.1 Å². The lowest BCUT2D eigenvalue weighted by Gasteiger charge is -2.05. The van der Waals surface area contributed by atoms with E-state index >= 15 is 0 Å². The van der Waals surface area contributed by atoms with Crippen molar-refractivity contribution >= 4 is 11.6 Å². The molecule has 0 spiro atoms. The summed E-state index contributed by atoms with van der Waals surface area (Å²) in [6.45, 7) is 3.65. The lowest BCUT2D eigenvalue weighted by atomic mass is 10.3. The number of nitrogens with zero attached hydrogens (tertiary/aromatic N) is 5. The Balaban J connectivity index is 1.77. The molecule has 1 fully saturated rings. The Morgan fingerprint density at radius 2 is 2.21 bits per heavy atom. The lowest BCUT2D eigenvalue weighted by Crippen LogP contribution is -2.32. The van der Waals surface area contributed by atoms with Gasteiger partial charge >= 0.3 is 5.76 Å². The summed E-state index contributed by atoms with van der Waals surface area (Å²) in [5, 5.41) is 10.9. The van der Waals surface area contributed by atoms with Gasteiger partial charge in [0.15, 0.2) is 11.5 Å². The minimum atomic E-state index is -0.681. The fourth-order valence-electron chi connectivity index (χ4n) is 2.67. The molecule has 9 nitrogen and oxygen atoms in total. The quantitative estimate of drug-likeness (QED) is 0.745. The van der Waals surface area contributed by atoms with Crippen LogP contribution in [0.3, 0.4) is 0 Å². The molecule has 0 unspecified atom stereocenters. The fraction of sp³-hybridized carbons (Fsp3) is 0.400. The molecule has 4 rings (SSSR count). The highest BCUT2D eigenvalue weighted by atomic mass is 16.5. The standard InChI is InChI=1S/C15H16N6O3/c1-8-5-9(2)21-13(17-8)11(6-16-21)14-19-24-15(23)20(14)7-12(22)18-10-3-4-10/h5-6,10H,3-4,7H2,1-2H3,(H,18,22). The number of fused-ring (bicyclic) bond motifs is 1. The predicted molar refractivity (Wildman–Crippen MR) is 83.4 cm³/mol. The third-order valence-corrected chi connectivity index (χ3v) is 3.95. The van der Waals surface area contributed by atoms with Crippen LogP contribution in [0.25, 0.3) is 17.0 Å². The monoisotopic (exact) mass is 328 g/mol. The Morgan fingerprint density at radius 1 is 1.42 bits per heavy atom. The molecule has 1 N–H and O–H groups in total. The predicted octanol–water partition coefficient (Wildman–Crippen LogP) is 0.441. The van der Waals surface area contributed by atoms with Crippen molar-refractivity contribution in [3.63, 3.8) is 0 Å². The summed E-state index contributed by atoms with van der Waals surface area (Å²) in [6.07, 6.45) is 3.53. The molecule has 0 aromatic carbocycles. The van der Waals surface area contributed by atoms with Crippen molar-refractivity contribution in [3.05, 3.63) is 34.2 Å². The maximum atomic E-state index is 12.0. The maximum absolute atomic E-state index is 12.0. The van der Waals surface area contributed by atoms with Crippen LogP contribution in [0.5, 0.6) is 0 Å². The Kier molecular flexibility index (Phi) is 3.22. The zero-order chi connectivity index (χ0) is 16.8. The summed E-state index contributed by atoms with van der Waals surface area (Å²) in [4.78, 5) is 28.4. The van der Waals surface area contributed by atoms with Crippen molar-refractivity contribution in [3.8, 4) is 11.4 Å². The molecule has 1 saturated carbocycles. The van der Waals surface area contributed by atoms with E-state index in [1.807, 2.05) is 19.9 Å². The topological polar surface area (TPSA) is 107 Å². The molecule has 0 radical (unpaired) electrons. The summed E-state index contributed by atoms with van der Waals surface area (Å²) in [5.41, 5.74) is 2.85. The highest BCUT2D eigenvalue weighted by molar-refractivity contribution is 5.78. The van der Waals surface area contributed by atoms with Gasteiger partial charge < -0.3 is 5.32 Å². The van der Waals surface area contributed by atoms with Gasteiger partial charge in [-0.3, -0.25) is 9.32 Å². The van der Waals surface area contributed by atoms with E-state index < -0.39 is 5.76 Å². The SMILES string of the molecule is Cc1cc(C)n2ncc(-c3noc(=O)n3CC(=O)NC3CC3)c2n1. The van der Waals surface area contributed by atoms with Crippen LogP contribution in [0.1, 0.15) is 24.2 Å². The Hall–Kier alpha value is -2.97. The third-order valence-electron chi connectivity index (χ3n) is 3.95. The van der Waals surface area contributed by atoms with E-state index in [9.17, 15) is 9.59 Å². The minimum absolute atomic E-state index is 0.143. The fourth-order valence-corrected chi connectivity index (χ4v) is 2.67. The third kappa shape index (κ3) is 2.47. The Labute approximate surface area is 136 Å². The molecule has 9 heteroatoms. The minimum Gasteiger partial charge on any atom is -0.352 e. The number of rotatable bonds is 4. The van der Waals surface area contributed by atoms with Gasteiger partial charge in [0, 0.05) is 17.4 Å². The Morgan fingerprint density at radius 3 is 2.96 bits per heavy atom. The number of carbonyl (C=O) groups excluding carboxylic acids is 1. The van der Waals surface area contributed by atoms with Gasteiger partial charge in [0.25, 0.3) is 0 Å². The molecular weight excluding hydrogens is 312 g/mol. The number of carbonyl (C=O) groups is 1. The molecule has 1 aliphatic rings. The van der Waals surface area contributed by atoms with E-state index in [0.717, 1.165) is 24.2 Å². The smallest absolute Gasteiger partial charge is 0.352 e. The zero-order valence-corrected chi connectivity index (χ0v) is 13.3. The van der Waals surface area contributed by atoms with Crippen LogP contribution in [-0.2, 0) is 11.3 Å². The number of amides is 1. The average molecular weight is 328 g/mol. The molecule has 1 aliphatic carbocycles. The van der Waals surface area contributed by atoms with E-state index in [1.165, 1.54) is 4.57 Å². The first-order valence-electron chi connectivity index (χ1n) is 7.71. The zero-order valence-electron chi connectivity index (χ0n) is 13.3. The van der Waals surface area contributed by atoms with Crippen LogP contribution in [-0.4, -0.2) is 36.3 Å². The number of nitrogens with one attached hydrogen (secondary N) is 1. The first-order valence-corrected chi connectivity index (χ1v) is 7.71. The number of aromatic nitrogens is 5. The van der Waals surface area contributed by atoms with E-state index in [4.69, 9.17) is 4.52 Å². The van der Waals surface area contributed by atoms with Gasteiger partial charge in [-0.15, -0.1) is 0 Å². The van der Waals surface area contributed by atoms with Gasteiger partial charge in [0.05, 0.1) is 11.8 Å². The first kappa shape index (κ1) is 14.6. The summed E-state index contributed by atoms with van der Waals surface area (Å²) >= 11 is 0. The van der Waals surface area contributed by atoms with Crippen molar-refractivity contribution in [2.24, 2.45) is 0 Å². The molecule has 3 aromatic heterocycles. The van der Waals surface area contributed by atoms with Crippen molar-refractivity contribution in [1.82, 2.24) is 29.6 Å². The normalized spacial score (nSPS) is 14.2. The van der Waals surface area contributed by atoms with Crippen molar-refractivity contribution in [2.75, 3.05) is 0 Å². The number of aryl methyl sites for hydroxylation is 2. The van der Waals surface area contributed by atoms with Crippen molar-refractivity contribution in [1.29, 1.82) is 0 Å². The van der Waals surface area contributed by atoms with Crippen molar-refractivity contribution < 1.29 is 9.32 Å². The average Bonchev–Trinajstić information content (AvgIpc) is 3.12. The highest BCUT2D eigenvalue weighted by Gasteiger charge is 2.25. The largest absolute Gasteiger partial charge is 0.442 e. The van der Waals surface area contributed by atoms with Crippen LogP contribution in [0.2, 0.25) is 0 Å². The molecular formula is C15H16N6O3. The second kappa shape index (κ2) is 5.29. The summed E-state index contributed by atoms with van der Waals surface area (Å²) in [5.74, 6) is -0.668. The van der Waals surface area contributed by atoms with E-state index in [0.29, 0.717) is 11.2 Å². The van der Waals surface area contributed by atoms with E-state index in [2.05, 4.69) is 20.6 Å². The number of hydrogen-bond acceptors (Lipinski definition) is 6. The lowest BCUT2D eigenvalue weighted by molar-refractivity contribution is -0.121. The Bertz CT molecular complexity index is 994. The molecule has 24 heavy (non-hydrogen) atoms. The van der Waals surface area contributed by atoms with Crippen molar-refractivity contribution in [2.45, 2.75) is 39.3 Å². The van der Waals surface area contributed by atoms with Gasteiger partial charge in [-0.2, -0.15) is 5.10 Å². The van der Waals surface area contributed by atoms with Gasteiger partial charge in [0.1, 0.15) is 6.54 Å². The molecule has 0 atom stereocenters. The molecule has 1 amide bonds. The van der Waals surface area contributed by atoms with Crippen LogP contribution in [0, 0.1) is 13.8 Å². The van der Waals surface area contributed by atoms with E-state index in [-0.39, 0.29) is 24.3 Å². The summed E-state index contributed by atoms with van der Waals surface area (Å²) in [7, 11) is 0. The maximum Gasteiger partial charge on any atom is 0.442 e. The number of hydrogen-bond donors (Lipinski definition) is 1. The van der Waals surface area contributed by atoms with Gasteiger partial charge in [-0.25, -0.2) is 18.9 Å². The summed E-state index contributed by atoms with van der Waals surface area (Å²) in [6, 6.07) is 2.13. The van der Waals surface area contributed by atoms with Crippen LogP contribution in [0.15, 0.2) is 21.6 Å². The molecule has 0 saturated heterocycles. The van der Waals surface area contributed by atoms with Gasteiger partial charge in [-0.1, -0.05) is 5.16 Å². The molecule has 124 valence electrons. The van der Waals surface area contributed by atoms with E-state index in [1.54, 1.807) is 10.7 Å². The molecule has 3 heterocycles. The van der Waals surface area contributed by atoms with Gasteiger partial charge in [-0.05, 0) is 32.8 Å². The van der Waals surface area contributed by atoms with Crippen LogP contribution >= 0.6 is 0 Å². The first-order chi connectivity index (χ1) is 11.5. The summed E-state index contributed by atoms with van der Waals surface area (Å²) < 4.78 is 7.63. The molecule has 0 aliphatic heterocycles. The second-order valence-electron chi connectivity index (χ2n) is 6.03. The van der Waals surface area contributed by atoms with Crippen LogP contribution in [0.4, 0.5) is 0 Å². The molecule has 3 aromatic rings.